The molecule has 2 N–H and O–H groups in total. The van der Waals surface area contributed by atoms with E-state index in [4.69, 9.17) is 0 Å². The number of carbonyl (C=O) groups is 1. The lowest BCUT2D eigenvalue weighted by molar-refractivity contribution is 0.251. The molecule has 2 aromatic heterocycles. The molecule has 0 bridgehead atoms. The lowest BCUT2D eigenvalue weighted by atomic mass is 9.98. The molecule has 0 atom stereocenters. The molecule has 2 heterocycles. The van der Waals surface area contributed by atoms with Crippen molar-refractivity contribution in [2.75, 3.05) is 11.9 Å². The first-order valence-electron chi connectivity index (χ1n) is 9.16. The molecule has 0 saturated heterocycles. The van der Waals surface area contributed by atoms with Crippen LogP contribution in [0.3, 0.4) is 0 Å². The van der Waals surface area contributed by atoms with E-state index in [0.717, 1.165) is 16.8 Å². The number of nitrogens with one attached hydrogen (secondary N) is 2. The maximum atomic E-state index is 12.2. The Balaban J connectivity index is 1.54. The normalized spacial score (nSPS) is 11.1. The van der Waals surface area contributed by atoms with Crippen molar-refractivity contribution in [3.8, 4) is 0 Å². The highest BCUT2D eigenvalue weighted by Crippen LogP contribution is 2.27. The Morgan fingerprint density at radius 2 is 2.00 bits per heavy atom. The summed E-state index contributed by atoms with van der Waals surface area (Å²) in [6, 6.07) is 11.2. The van der Waals surface area contributed by atoms with E-state index in [-0.39, 0.29) is 11.7 Å². The second-order valence-electron chi connectivity index (χ2n) is 6.86. The standard InChI is InChI=1S/C20H25N5O2/c1-14(2)16-9-6-8-15(3)18(16)22-19(26)21-11-7-13-25-20(27)24-12-5-4-10-17(24)23-25/h4-6,8-10,12,14H,7,11,13H2,1-3H3,(H2,21,22,26). The maximum absolute atomic E-state index is 12.2. The molecule has 0 spiro atoms. The Morgan fingerprint density at radius 1 is 1.19 bits per heavy atom. The molecule has 0 aliphatic heterocycles. The first-order valence-corrected chi connectivity index (χ1v) is 9.16. The van der Waals surface area contributed by atoms with E-state index in [1.165, 1.54) is 9.08 Å². The molecule has 1 aromatic carbocycles. The predicted molar refractivity (Wildman–Crippen MR) is 106 cm³/mol. The highest BCUT2D eigenvalue weighted by Gasteiger charge is 2.12. The number of anilines is 1. The largest absolute Gasteiger partial charge is 0.350 e. The number of aromatic nitrogens is 3. The first kappa shape index (κ1) is 18.7. The average molecular weight is 367 g/mol. The second kappa shape index (κ2) is 8.07. The van der Waals surface area contributed by atoms with Gasteiger partial charge in [-0.2, -0.15) is 0 Å². The fourth-order valence-electron chi connectivity index (χ4n) is 3.04. The molecule has 27 heavy (non-hydrogen) atoms. The van der Waals surface area contributed by atoms with Crippen molar-refractivity contribution in [3.05, 3.63) is 64.2 Å². The van der Waals surface area contributed by atoms with E-state index in [9.17, 15) is 9.59 Å². The number of carbonyl (C=O) groups excluding carboxylic acids is 1. The lowest BCUT2D eigenvalue weighted by Gasteiger charge is -2.16. The highest BCUT2D eigenvalue weighted by molar-refractivity contribution is 5.91. The number of aryl methyl sites for hydroxylation is 2. The molecule has 7 nitrogen and oxygen atoms in total. The van der Waals surface area contributed by atoms with Gasteiger partial charge in [0.2, 0.25) is 0 Å². The van der Waals surface area contributed by atoms with Gasteiger partial charge in [0.15, 0.2) is 5.65 Å². The lowest BCUT2D eigenvalue weighted by Crippen LogP contribution is -2.31. The number of amides is 2. The molecule has 2 amide bonds. The molecule has 0 aliphatic carbocycles. The van der Waals surface area contributed by atoms with Crippen LogP contribution in [0.4, 0.5) is 10.5 Å². The Kier molecular flexibility index (Phi) is 5.59. The Labute approximate surface area is 158 Å². The fourth-order valence-corrected chi connectivity index (χ4v) is 3.04. The van der Waals surface area contributed by atoms with Gasteiger partial charge in [0.05, 0.1) is 0 Å². The van der Waals surface area contributed by atoms with Crippen LogP contribution >= 0.6 is 0 Å². The third-order valence-corrected chi connectivity index (χ3v) is 4.49. The van der Waals surface area contributed by atoms with E-state index >= 15 is 0 Å². The van der Waals surface area contributed by atoms with Crippen LogP contribution in [-0.2, 0) is 6.54 Å². The van der Waals surface area contributed by atoms with Crippen LogP contribution in [0.25, 0.3) is 5.65 Å². The first-order chi connectivity index (χ1) is 13.0. The number of hydrogen-bond donors (Lipinski definition) is 2. The van der Waals surface area contributed by atoms with E-state index in [0.29, 0.717) is 31.1 Å². The zero-order chi connectivity index (χ0) is 19.4. The molecule has 3 rings (SSSR count). The minimum atomic E-state index is -0.242. The minimum absolute atomic E-state index is 0.170. The number of benzene rings is 1. The van der Waals surface area contributed by atoms with Crippen LogP contribution in [0.2, 0.25) is 0 Å². The van der Waals surface area contributed by atoms with Gasteiger partial charge in [0, 0.05) is 25.0 Å². The van der Waals surface area contributed by atoms with Crippen LogP contribution in [0.5, 0.6) is 0 Å². The van der Waals surface area contributed by atoms with Crippen molar-refractivity contribution >= 4 is 17.4 Å². The van der Waals surface area contributed by atoms with Crippen LogP contribution in [0.15, 0.2) is 47.4 Å². The number of fused-ring (bicyclic) bond motifs is 1. The van der Waals surface area contributed by atoms with Gasteiger partial charge < -0.3 is 10.6 Å². The summed E-state index contributed by atoms with van der Waals surface area (Å²) in [4.78, 5) is 24.4. The topological polar surface area (TPSA) is 80.4 Å². The molecule has 3 aromatic rings. The van der Waals surface area contributed by atoms with Gasteiger partial charge in [-0.25, -0.2) is 14.3 Å². The molecule has 0 fully saturated rings. The van der Waals surface area contributed by atoms with Gasteiger partial charge in [-0.15, -0.1) is 5.10 Å². The van der Waals surface area contributed by atoms with Gasteiger partial charge >= 0.3 is 11.7 Å². The Hall–Kier alpha value is -3.09. The molecule has 142 valence electrons. The van der Waals surface area contributed by atoms with Gasteiger partial charge in [-0.05, 0) is 42.5 Å². The van der Waals surface area contributed by atoms with Crippen molar-refractivity contribution < 1.29 is 4.79 Å². The second-order valence-corrected chi connectivity index (χ2v) is 6.86. The van der Waals surface area contributed by atoms with E-state index in [1.807, 2.05) is 31.2 Å². The average Bonchev–Trinajstić information content (AvgIpc) is 2.96. The van der Waals surface area contributed by atoms with Gasteiger partial charge in [0.25, 0.3) is 0 Å². The van der Waals surface area contributed by atoms with E-state index in [1.54, 1.807) is 18.3 Å². The number of para-hydroxylation sites is 1. The quantitative estimate of drug-likeness (QED) is 0.657. The fraction of sp³-hybridized carbons (Fsp3) is 0.350. The highest BCUT2D eigenvalue weighted by atomic mass is 16.2. The zero-order valence-electron chi connectivity index (χ0n) is 15.9. The molecule has 0 saturated carbocycles. The van der Waals surface area contributed by atoms with Crippen molar-refractivity contribution in [3.63, 3.8) is 0 Å². The van der Waals surface area contributed by atoms with E-state index in [2.05, 4.69) is 29.6 Å². The maximum Gasteiger partial charge on any atom is 0.350 e. The van der Waals surface area contributed by atoms with Crippen LogP contribution in [0, 0.1) is 6.92 Å². The van der Waals surface area contributed by atoms with E-state index < -0.39 is 0 Å². The summed E-state index contributed by atoms with van der Waals surface area (Å²) in [5, 5.41) is 10.1. The van der Waals surface area contributed by atoms with Crippen molar-refractivity contribution in [1.82, 2.24) is 19.5 Å². The molecule has 7 heteroatoms. The Bertz CT molecular complexity index is 1000. The summed E-state index contributed by atoms with van der Waals surface area (Å²) in [6.07, 6.45) is 2.31. The minimum Gasteiger partial charge on any atom is -0.338 e. The van der Waals surface area contributed by atoms with Crippen molar-refractivity contribution in [2.24, 2.45) is 0 Å². The van der Waals surface area contributed by atoms with Gasteiger partial charge in [0.1, 0.15) is 0 Å². The van der Waals surface area contributed by atoms with Crippen LogP contribution < -0.4 is 16.3 Å². The van der Waals surface area contributed by atoms with Gasteiger partial charge in [-0.3, -0.25) is 4.40 Å². The number of urea groups is 1. The monoisotopic (exact) mass is 367 g/mol. The number of rotatable bonds is 6. The zero-order valence-corrected chi connectivity index (χ0v) is 15.9. The summed E-state index contributed by atoms with van der Waals surface area (Å²) in [6.45, 7) is 7.09. The smallest absolute Gasteiger partial charge is 0.338 e. The third kappa shape index (κ3) is 4.19. The summed E-state index contributed by atoms with van der Waals surface area (Å²) in [5.41, 5.74) is 3.46. The van der Waals surface area contributed by atoms with Crippen molar-refractivity contribution in [1.29, 1.82) is 0 Å². The summed E-state index contributed by atoms with van der Waals surface area (Å²) >= 11 is 0. The third-order valence-electron chi connectivity index (χ3n) is 4.49. The molecular formula is C20H25N5O2. The summed E-state index contributed by atoms with van der Waals surface area (Å²) < 4.78 is 2.93. The molecule has 0 unspecified atom stereocenters. The number of nitrogens with zero attached hydrogens (tertiary/aromatic N) is 3. The number of hydrogen-bond acceptors (Lipinski definition) is 3. The molecule has 0 radical (unpaired) electrons. The SMILES string of the molecule is Cc1cccc(C(C)C)c1NC(=O)NCCCn1nc2ccccn2c1=O. The predicted octanol–water partition coefficient (Wildman–Crippen LogP) is 3.14. The van der Waals surface area contributed by atoms with Crippen molar-refractivity contribution in [2.45, 2.75) is 39.7 Å². The Morgan fingerprint density at radius 3 is 2.74 bits per heavy atom. The van der Waals surface area contributed by atoms with Crippen LogP contribution in [-0.4, -0.2) is 26.8 Å². The van der Waals surface area contributed by atoms with Gasteiger partial charge in [-0.1, -0.05) is 38.1 Å². The summed E-state index contributed by atoms with van der Waals surface area (Å²) in [7, 11) is 0. The number of pyridine rings is 1. The molecular weight excluding hydrogens is 342 g/mol. The van der Waals surface area contributed by atoms with Crippen LogP contribution in [0.1, 0.15) is 37.3 Å². The molecule has 0 aliphatic rings. The summed E-state index contributed by atoms with van der Waals surface area (Å²) in [5.74, 6) is 0.321.